The van der Waals surface area contributed by atoms with E-state index in [0.29, 0.717) is 38.1 Å². The van der Waals surface area contributed by atoms with Gasteiger partial charge in [0.05, 0.1) is 43.6 Å². The average Bonchev–Trinajstić information content (AvgIpc) is 2.46. The van der Waals surface area contributed by atoms with Crippen molar-refractivity contribution in [3.63, 3.8) is 0 Å². The van der Waals surface area contributed by atoms with Gasteiger partial charge in [-0.2, -0.15) is 0 Å². The first-order valence-electron chi connectivity index (χ1n) is 6.16. The normalized spacial score (nSPS) is 10.5. The smallest absolute Gasteiger partial charge is 0.341 e. The third-order valence-corrected chi connectivity index (χ3v) is 2.58. The molecule has 1 aromatic heterocycles. The standard InChI is InChI=1S/C13H18ClNO5/c1-17-4-5-18-6-7-19-8-9-20-13(16)11-10-15-3-2-12(11)14/h2-3,10H,4-9H2,1H3. The van der Waals surface area contributed by atoms with Crippen LogP contribution in [0.4, 0.5) is 0 Å². The molecule has 0 aliphatic heterocycles. The summed E-state index contributed by atoms with van der Waals surface area (Å²) in [6.07, 6.45) is 2.88. The monoisotopic (exact) mass is 303 g/mol. The highest BCUT2D eigenvalue weighted by atomic mass is 35.5. The molecule has 0 spiro atoms. The maximum absolute atomic E-state index is 11.6. The van der Waals surface area contributed by atoms with E-state index in [9.17, 15) is 4.79 Å². The van der Waals surface area contributed by atoms with Gasteiger partial charge in [-0.3, -0.25) is 4.98 Å². The van der Waals surface area contributed by atoms with Crippen molar-refractivity contribution in [2.75, 3.05) is 46.8 Å². The maximum atomic E-state index is 11.6. The molecule has 0 aromatic carbocycles. The van der Waals surface area contributed by atoms with Crippen LogP contribution < -0.4 is 0 Å². The highest BCUT2D eigenvalue weighted by molar-refractivity contribution is 6.33. The van der Waals surface area contributed by atoms with Gasteiger partial charge in [0.15, 0.2) is 0 Å². The summed E-state index contributed by atoms with van der Waals surface area (Å²) in [6.45, 7) is 2.47. The fraction of sp³-hybridized carbons (Fsp3) is 0.538. The molecule has 0 radical (unpaired) electrons. The lowest BCUT2D eigenvalue weighted by molar-refractivity contribution is 0.00569. The lowest BCUT2D eigenvalue weighted by atomic mass is 10.3. The van der Waals surface area contributed by atoms with Crippen molar-refractivity contribution in [3.05, 3.63) is 29.0 Å². The molecule has 0 amide bonds. The van der Waals surface area contributed by atoms with Gasteiger partial charge < -0.3 is 18.9 Å². The molecule has 0 bridgehead atoms. The van der Waals surface area contributed by atoms with E-state index in [2.05, 4.69) is 4.98 Å². The van der Waals surface area contributed by atoms with Crippen molar-refractivity contribution in [3.8, 4) is 0 Å². The van der Waals surface area contributed by atoms with E-state index in [1.165, 1.54) is 18.5 Å². The fourth-order valence-electron chi connectivity index (χ4n) is 1.26. The molecule has 0 aliphatic rings. The van der Waals surface area contributed by atoms with Crippen LogP contribution in [-0.2, 0) is 18.9 Å². The molecule has 0 atom stereocenters. The van der Waals surface area contributed by atoms with Crippen molar-refractivity contribution in [1.82, 2.24) is 4.98 Å². The zero-order valence-electron chi connectivity index (χ0n) is 11.3. The number of pyridine rings is 1. The largest absolute Gasteiger partial charge is 0.460 e. The first-order valence-corrected chi connectivity index (χ1v) is 6.54. The highest BCUT2D eigenvalue weighted by Crippen LogP contribution is 2.14. The Morgan fingerprint density at radius 1 is 1.15 bits per heavy atom. The van der Waals surface area contributed by atoms with Crippen LogP contribution in [0.3, 0.4) is 0 Å². The predicted octanol–water partition coefficient (Wildman–Crippen LogP) is 1.57. The zero-order chi connectivity index (χ0) is 14.6. The Morgan fingerprint density at radius 3 is 2.45 bits per heavy atom. The Hall–Kier alpha value is -1.21. The van der Waals surface area contributed by atoms with Crippen LogP contribution >= 0.6 is 11.6 Å². The van der Waals surface area contributed by atoms with E-state index in [-0.39, 0.29) is 12.2 Å². The van der Waals surface area contributed by atoms with Gasteiger partial charge in [-0.05, 0) is 6.07 Å². The van der Waals surface area contributed by atoms with Gasteiger partial charge in [0.2, 0.25) is 0 Å². The molecule has 0 N–H and O–H groups in total. The summed E-state index contributed by atoms with van der Waals surface area (Å²) in [5, 5.41) is 0.317. The molecule has 112 valence electrons. The van der Waals surface area contributed by atoms with Gasteiger partial charge in [0, 0.05) is 19.5 Å². The molecule has 6 nitrogen and oxygen atoms in total. The number of esters is 1. The molecule has 0 saturated carbocycles. The summed E-state index contributed by atoms with van der Waals surface area (Å²) < 4.78 is 20.3. The number of aromatic nitrogens is 1. The fourth-order valence-corrected chi connectivity index (χ4v) is 1.45. The second-order valence-corrected chi connectivity index (χ2v) is 4.12. The molecule has 0 unspecified atom stereocenters. The Bertz CT molecular complexity index is 402. The molecular formula is C13H18ClNO5. The van der Waals surface area contributed by atoms with Crippen LogP contribution in [-0.4, -0.2) is 57.7 Å². The van der Waals surface area contributed by atoms with Crippen molar-refractivity contribution in [1.29, 1.82) is 0 Å². The molecule has 0 aliphatic carbocycles. The Kier molecular flexibility index (Phi) is 8.90. The van der Waals surface area contributed by atoms with Gasteiger partial charge in [-0.1, -0.05) is 11.6 Å². The third-order valence-electron chi connectivity index (χ3n) is 2.25. The van der Waals surface area contributed by atoms with Crippen molar-refractivity contribution < 1.29 is 23.7 Å². The zero-order valence-corrected chi connectivity index (χ0v) is 12.1. The number of rotatable bonds is 10. The number of halogens is 1. The molecule has 1 rings (SSSR count). The van der Waals surface area contributed by atoms with E-state index in [0.717, 1.165) is 0 Å². The SMILES string of the molecule is COCCOCCOCCOC(=O)c1cnccc1Cl. The number of hydrogen-bond donors (Lipinski definition) is 0. The predicted molar refractivity (Wildman–Crippen MR) is 73.0 cm³/mol. The lowest BCUT2D eigenvalue weighted by Crippen LogP contribution is -2.14. The minimum Gasteiger partial charge on any atom is -0.460 e. The number of methoxy groups -OCH3 is 1. The van der Waals surface area contributed by atoms with Crippen molar-refractivity contribution in [2.45, 2.75) is 0 Å². The minimum atomic E-state index is -0.511. The van der Waals surface area contributed by atoms with Crippen LogP contribution in [0, 0.1) is 0 Å². The van der Waals surface area contributed by atoms with Crippen LogP contribution in [0.5, 0.6) is 0 Å². The van der Waals surface area contributed by atoms with Crippen LogP contribution in [0.25, 0.3) is 0 Å². The van der Waals surface area contributed by atoms with Crippen molar-refractivity contribution in [2.24, 2.45) is 0 Å². The quantitative estimate of drug-likeness (QED) is 0.483. The van der Waals surface area contributed by atoms with E-state index in [4.69, 9.17) is 30.5 Å². The van der Waals surface area contributed by atoms with E-state index in [1.54, 1.807) is 7.11 Å². The lowest BCUT2D eigenvalue weighted by Gasteiger charge is -2.07. The van der Waals surface area contributed by atoms with Crippen LogP contribution in [0.15, 0.2) is 18.5 Å². The van der Waals surface area contributed by atoms with E-state index < -0.39 is 5.97 Å². The molecule has 1 heterocycles. The number of carbonyl (C=O) groups is 1. The summed E-state index contributed by atoms with van der Waals surface area (Å²) in [5.74, 6) is -0.511. The summed E-state index contributed by atoms with van der Waals surface area (Å²) in [5.41, 5.74) is 0.247. The number of ether oxygens (including phenoxy) is 4. The first kappa shape index (κ1) is 16.8. The summed E-state index contributed by atoms with van der Waals surface area (Å²) in [7, 11) is 1.61. The van der Waals surface area contributed by atoms with Gasteiger partial charge in [0.25, 0.3) is 0 Å². The minimum absolute atomic E-state index is 0.155. The van der Waals surface area contributed by atoms with Crippen LogP contribution in [0.1, 0.15) is 10.4 Å². The number of carbonyl (C=O) groups excluding carboxylic acids is 1. The molecule has 1 aromatic rings. The summed E-state index contributed by atoms with van der Waals surface area (Å²) >= 11 is 5.84. The van der Waals surface area contributed by atoms with Gasteiger partial charge in [-0.25, -0.2) is 4.79 Å². The van der Waals surface area contributed by atoms with Gasteiger partial charge in [0.1, 0.15) is 6.61 Å². The molecule has 7 heteroatoms. The topological polar surface area (TPSA) is 66.9 Å². The first-order chi connectivity index (χ1) is 9.75. The Morgan fingerprint density at radius 2 is 1.80 bits per heavy atom. The second kappa shape index (κ2) is 10.6. The van der Waals surface area contributed by atoms with Gasteiger partial charge in [-0.15, -0.1) is 0 Å². The third kappa shape index (κ3) is 6.81. The highest BCUT2D eigenvalue weighted by Gasteiger charge is 2.11. The molecule has 0 saturated heterocycles. The molecule has 0 fully saturated rings. The number of nitrogens with zero attached hydrogens (tertiary/aromatic N) is 1. The summed E-state index contributed by atoms with van der Waals surface area (Å²) in [4.78, 5) is 15.4. The number of hydrogen-bond acceptors (Lipinski definition) is 6. The molecular weight excluding hydrogens is 286 g/mol. The maximum Gasteiger partial charge on any atom is 0.341 e. The second-order valence-electron chi connectivity index (χ2n) is 3.71. The Labute approximate surface area is 122 Å². The molecule has 20 heavy (non-hydrogen) atoms. The summed E-state index contributed by atoms with van der Waals surface area (Å²) in [6, 6.07) is 1.53. The van der Waals surface area contributed by atoms with Crippen LogP contribution in [0.2, 0.25) is 5.02 Å². The van der Waals surface area contributed by atoms with E-state index >= 15 is 0 Å². The Balaban J connectivity index is 2.04. The van der Waals surface area contributed by atoms with Gasteiger partial charge >= 0.3 is 5.97 Å². The van der Waals surface area contributed by atoms with E-state index in [1.807, 2.05) is 0 Å². The van der Waals surface area contributed by atoms with Crippen molar-refractivity contribution >= 4 is 17.6 Å². The average molecular weight is 304 g/mol.